The number of benzene rings is 1. The fourth-order valence-electron chi connectivity index (χ4n) is 2.01. The minimum Gasteiger partial charge on any atom is -0.449 e. The molecule has 0 unspecified atom stereocenters. The molecule has 1 aliphatic heterocycles. The van der Waals surface area contributed by atoms with Crippen LogP contribution in [0.25, 0.3) is 0 Å². The standard InChI is InChI=1S/C13H16BrNO2/c1-8-4-5-9(6-10(8)14)11-13(2,3)7-17-12(16)15-11/h4-6,11H,7H2,1-3H3,(H,15,16)/t11-/m0/s1. The second-order valence-corrected chi connectivity index (χ2v) is 6.01. The Bertz CT molecular complexity index is 457. The summed E-state index contributed by atoms with van der Waals surface area (Å²) in [4.78, 5) is 11.3. The summed E-state index contributed by atoms with van der Waals surface area (Å²) < 4.78 is 6.10. The molecule has 1 N–H and O–H groups in total. The largest absolute Gasteiger partial charge is 0.449 e. The summed E-state index contributed by atoms with van der Waals surface area (Å²) in [5, 5.41) is 2.89. The molecule has 92 valence electrons. The average molecular weight is 298 g/mol. The lowest BCUT2D eigenvalue weighted by molar-refractivity contribution is 0.0387. The van der Waals surface area contributed by atoms with Crippen LogP contribution in [0.15, 0.2) is 22.7 Å². The quantitative estimate of drug-likeness (QED) is 0.861. The number of cyclic esters (lactones) is 1. The second kappa shape index (κ2) is 4.33. The number of hydrogen-bond donors (Lipinski definition) is 1. The first-order chi connectivity index (χ1) is 7.90. The first-order valence-corrected chi connectivity index (χ1v) is 6.39. The summed E-state index contributed by atoms with van der Waals surface area (Å²) in [5.74, 6) is 0. The van der Waals surface area contributed by atoms with Crippen LogP contribution in [0.2, 0.25) is 0 Å². The van der Waals surface area contributed by atoms with Gasteiger partial charge in [0.2, 0.25) is 0 Å². The van der Waals surface area contributed by atoms with Crippen molar-refractivity contribution in [3.05, 3.63) is 33.8 Å². The van der Waals surface area contributed by atoms with Crippen molar-refractivity contribution in [3.8, 4) is 0 Å². The number of hydrogen-bond acceptors (Lipinski definition) is 2. The fourth-order valence-corrected chi connectivity index (χ4v) is 2.41. The SMILES string of the molecule is Cc1ccc([C@@H]2NC(=O)OCC2(C)C)cc1Br. The monoisotopic (exact) mass is 297 g/mol. The molecule has 1 atom stereocenters. The summed E-state index contributed by atoms with van der Waals surface area (Å²) in [5.41, 5.74) is 2.18. The lowest BCUT2D eigenvalue weighted by atomic mass is 9.80. The molecule has 2 rings (SSSR count). The minimum absolute atomic E-state index is 0.0133. The van der Waals surface area contributed by atoms with Crippen molar-refractivity contribution >= 4 is 22.0 Å². The molecule has 1 aromatic rings. The topological polar surface area (TPSA) is 38.3 Å². The maximum atomic E-state index is 11.3. The lowest BCUT2D eigenvalue weighted by Gasteiger charge is -2.38. The molecule has 0 aromatic heterocycles. The molecule has 4 heteroatoms. The number of carbonyl (C=O) groups excluding carboxylic acids is 1. The van der Waals surface area contributed by atoms with Gasteiger partial charge >= 0.3 is 6.09 Å². The van der Waals surface area contributed by atoms with E-state index in [2.05, 4.69) is 53.3 Å². The van der Waals surface area contributed by atoms with Gasteiger partial charge in [-0.15, -0.1) is 0 Å². The van der Waals surface area contributed by atoms with E-state index in [9.17, 15) is 4.79 Å². The van der Waals surface area contributed by atoms with Gasteiger partial charge in [-0.25, -0.2) is 4.79 Å². The number of ether oxygens (including phenoxy) is 1. The lowest BCUT2D eigenvalue weighted by Crippen LogP contribution is -2.46. The molecule has 17 heavy (non-hydrogen) atoms. The van der Waals surface area contributed by atoms with Crippen LogP contribution in [-0.2, 0) is 4.74 Å². The minimum atomic E-state index is -0.342. The van der Waals surface area contributed by atoms with Crippen LogP contribution in [0.3, 0.4) is 0 Å². The molecule has 0 radical (unpaired) electrons. The van der Waals surface area contributed by atoms with Gasteiger partial charge in [0, 0.05) is 9.89 Å². The molecule has 0 spiro atoms. The molecule has 0 bridgehead atoms. The third-order valence-corrected chi connectivity index (χ3v) is 4.00. The van der Waals surface area contributed by atoms with Crippen molar-refractivity contribution in [1.82, 2.24) is 5.32 Å². The molecular weight excluding hydrogens is 282 g/mol. The van der Waals surface area contributed by atoms with Crippen LogP contribution < -0.4 is 5.32 Å². The first-order valence-electron chi connectivity index (χ1n) is 5.59. The first kappa shape index (κ1) is 12.4. The van der Waals surface area contributed by atoms with Crippen LogP contribution in [0.4, 0.5) is 4.79 Å². The van der Waals surface area contributed by atoms with Crippen molar-refractivity contribution in [3.63, 3.8) is 0 Å². The predicted molar refractivity (Wildman–Crippen MR) is 69.9 cm³/mol. The highest BCUT2D eigenvalue weighted by Crippen LogP contribution is 2.37. The molecule has 1 amide bonds. The number of amides is 1. The van der Waals surface area contributed by atoms with Crippen molar-refractivity contribution in [1.29, 1.82) is 0 Å². The molecule has 1 fully saturated rings. The van der Waals surface area contributed by atoms with Gasteiger partial charge < -0.3 is 10.1 Å². The van der Waals surface area contributed by atoms with E-state index in [-0.39, 0.29) is 17.6 Å². The normalized spacial score (nSPS) is 22.8. The maximum Gasteiger partial charge on any atom is 0.407 e. The van der Waals surface area contributed by atoms with Crippen LogP contribution in [-0.4, -0.2) is 12.7 Å². The van der Waals surface area contributed by atoms with E-state index in [1.807, 2.05) is 6.92 Å². The second-order valence-electron chi connectivity index (χ2n) is 5.15. The van der Waals surface area contributed by atoms with Crippen molar-refractivity contribution in [2.24, 2.45) is 5.41 Å². The Balaban J connectivity index is 2.36. The van der Waals surface area contributed by atoms with E-state index in [0.717, 1.165) is 10.0 Å². The zero-order valence-corrected chi connectivity index (χ0v) is 11.8. The van der Waals surface area contributed by atoms with Crippen LogP contribution in [0.5, 0.6) is 0 Å². The zero-order valence-electron chi connectivity index (χ0n) is 10.2. The summed E-state index contributed by atoms with van der Waals surface area (Å²) in [6.45, 7) is 6.66. The number of nitrogens with one attached hydrogen (secondary N) is 1. The van der Waals surface area contributed by atoms with E-state index in [0.29, 0.717) is 6.61 Å². The molecule has 1 aliphatic rings. The Kier molecular flexibility index (Phi) is 3.17. The van der Waals surface area contributed by atoms with Crippen LogP contribution >= 0.6 is 15.9 Å². The summed E-state index contributed by atoms with van der Waals surface area (Å²) in [7, 11) is 0. The molecule has 0 saturated carbocycles. The number of carbonyl (C=O) groups is 1. The predicted octanol–water partition coefficient (Wildman–Crippen LogP) is 3.56. The Morgan fingerprint density at radius 3 is 2.82 bits per heavy atom. The van der Waals surface area contributed by atoms with Gasteiger partial charge in [0.25, 0.3) is 0 Å². The molecular formula is C13H16BrNO2. The highest BCUT2D eigenvalue weighted by Gasteiger charge is 2.37. The number of alkyl carbamates (subject to hydrolysis) is 1. The fraction of sp³-hybridized carbons (Fsp3) is 0.462. The molecule has 0 aliphatic carbocycles. The van der Waals surface area contributed by atoms with Gasteiger partial charge in [0.1, 0.15) is 6.61 Å². The Hall–Kier alpha value is -1.03. The maximum absolute atomic E-state index is 11.3. The van der Waals surface area contributed by atoms with Crippen molar-refractivity contribution < 1.29 is 9.53 Å². The molecule has 1 heterocycles. The highest BCUT2D eigenvalue weighted by molar-refractivity contribution is 9.10. The Morgan fingerprint density at radius 1 is 1.47 bits per heavy atom. The number of aryl methyl sites for hydroxylation is 1. The number of rotatable bonds is 1. The van der Waals surface area contributed by atoms with E-state index in [4.69, 9.17) is 4.74 Å². The summed E-state index contributed by atoms with van der Waals surface area (Å²) >= 11 is 3.52. The average Bonchev–Trinajstić information content (AvgIpc) is 2.26. The van der Waals surface area contributed by atoms with E-state index >= 15 is 0 Å². The number of halogens is 1. The smallest absolute Gasteiger partial charge is 0.407 e. The van der Waals surface area contributed by atoms with Gasteiger partial charge in [0.05, 0.1) is 6.04 Å². The van der Waals surface area contributed by atoms with Crippen LogP contribution in [0, 0.1) is 12.3 Å². The van der Waals surface area contributed by atoms with Gasteiger partial charge in [-0.05, 0) is 24.1 Å². The Morgan fingerprint density at radius 2 is 2.18 bits per heavy atom. The molecule has 3 nitrogen and oxygen atoms in total. The summed E-state index contributed by atoms with van der Waals surface area (Å²) in [6, 6.07) is 6.16. The van der Waals surface area contributed by atoms with Gasteiger partial charge in [-0.1, -0.05) is 41.9 Å². The van der Waals surface area contributed by atoms with E-state index < -0.39 is 0 Å². The van der Waals surface area contributed by atoms with E-state index in [1.54, 1.807) is 0 Å². The van der Waals surface area contributed by atoms with Crippen LogP contribution in [0.1, 0.15) is 31.0 Å². The van der Waals surface area contributed by atoms with E-state index in [1.165, 1.54) is 5.56 Å². The third kappa shape index (κ3) is 2.46. The molecule has 1 saturated heterocycles. The van der Waals surface area contributed by atoms with Gasteiger partial charge in [0.15, 0.2) is 0 Å². The Labute approximate surface area is 110 Å². The van der Waals surface area contributed by atoms with Crippen molar-refractivity contribution in [2.75, 3.05) is 6.61 Å². The zero-order chi connectivity index (χ0) is 12.6. The summed E-state index contributed by atoms with van der Waals surface area (Å²) in [6.07, 6.45) is -0.342. The van der Waals surface area contributed by atoms with Crippen molar-refractivity contribution in [2.45, 2.75) is 26.8 Å². The van der Waals surface area contributed by atoms with Gasteiger partial charge in [-0.3, -0.25) is 0 Å². The molecule has 1 aromatic carbocycles. The van der Waals surface area contributed by atoms with Gasteiger partial charge in [-0.2, -0.15) is 0 Å². The third-order valence-electron chi connectivity index (χ3n) is 3.15. The highest BCUT2D eigenvalue weighted by atomic mass is 79.9.